The van der Waals surface area contributed by atoms with E-state index in [1.807, 2.05) is 19.1 Å². The van der Waals surface area contributed by atoms with Crippen molar-refractivity contribution in [2.75, 3.05) is 0 Å². The van der Waals surface area contributed by atoms with Gasteiger partial charge in [0, 0.05) is 17.7 Å². The molecule has 1 aromatic carbocycles. The fraction of sp³-hybridized carbons (Fsp3) is 0.364. The molecule has 2 atom stereocenters. The Kier molecular flexibility index (Phi) is 5.71. The zero-order valence-corrected chi connectivity index (χ0v) is 15.8. The number of ether oxygens (including phenoxy) is 1. The summed E-state index contributed by atoms with van der Waals surface area (Å²) >= 11 is 0. The minimum Gasteiger partial charge on any atom is -0.458 e. The molecule has 0 radical (unpaired) electrons. The fourth-order valence-electron chi connectivity index (χ4n) is 3.32. The van der Waals surface area contributed by atoms with E-state index < -0.39 is 18.2 Å². The van der Waals surface area contributed by atoms with Gasteiger partial charge in [-0.3, -0.25) is 9.78 Å². The lowest BCUT2D eigenvalue weighted by Crippen LogP contribution is -2.31. The van der Waals surface area contributed by atoms with Crippen LogP contribution in [0.1, 0.15) is 49.6 Å². The van der Waals surface area contributed by atoms with E-state index in [-0.39, 0.29) is 18.2 Å². The largest absolute Gasteiger partial charge is 0.458 e. The summed E-state index contributed by atoms with van der Waals surface area (Å²) in [5.41, 5.74) is 4.57. The predicted molar refractivity (Wildman–Crippen MR) is 103 cm³/mol. The Hall–Kier alpha value is -2.53. The molecule has 1 aromatic heterocycles. The van der Waals surface area contributed by atoms with E-state index in [2.05, 4.69) is 18.8 Å². The summed E-state index contributed by atoms with van der Waals surface area (Å²) in [5, 5.41) is 9.80. The van der Waals surface area contributed by atoms with Gasteiger partial charge in [0.25, 0.3) is 0 Å². The Morgan fingerprint density at radius 1 is 1.30 bits per heavy atom. The lowest BCUT2D eigenvalue weighted by molar-refractivity contribution is -0.156. The van der Waals surface area contributed by atoms with Gasteiger partial charge in [-0.05, 0) is 48.2 Å². The molecular formula is C22H24FNO3. The maximum atomic E-state index is 13.4. The number of hydrogen-bond donors (Lipinski definition) is 1. The van der Waals surface area contributed by atoms with Gasteiger partial charge in [-0.1, -0.05) is 32.1 Å². The molecule has 1 fully saturated rings. The van der Waals surface area contributed by atoms with Crippen molar-refractivity contribution in [2.45, 2.75) is 51.7 Å². The van der Waals surface area contributed by atoms with Crippen molar-refractivity contribution < 1.29 is 19.0 Å². The summed E-state index contributed by atoms with van der Waals surface area (Å²) in [6.07, 6.45) is 2.96. The van der Waals surface area contributed by atoms with Crippen molar-refractivity contribution in [2.24, 2.45) is 0 Å². The van der Waals surface area contributed by atoms with E-state index in [4.69, 9.17) is 4.74 Å². The number of esters is 1. The van der Waals surface area contributed by atoms with Crippen molar-refractivity contribution in [3.63, 3.8) is 0 Å². The quantitative estimate of drug-likeness (QED) is 0.812. The second-order valence-corrected chi connectivity index (χ2v) is 7.25. The highest BCUT2D eigenvalue weighted by molar-refractivity contribution is 5.77. The number of hydrogen-bond acceptors (Lipinski definition) is 4. The van der Waals surface area contributed by atoms with Gasteiger partial charge in [-0.25, -0.2) is 4.39 Å². The topological polar surface area (TPSA) is 59.4 Å². The third kappa shape index (κ3) is 4.61. The van der Waals surface area contributed by atoms with Crippen LogP contribution >= 0.6 is 0 Å². The molecule has 2 aromatic rings. The molecule has 3 rings (SSSR count). The predicted octanol–water partition coefficient (Wildman–Crippen LogP) is 4.40. The summed E-state index contributed by atoms with van der Waals surface area (Å²) in [6.45, 7) is 6.07. The molecule has 2 heterocycles. The van der Waals surface area contributed by atoms with Crippen LogP contribution in [0.2, 0.25) is 0 Å². The van der Waals surface area contributed by atoms with Gasteiger partial charge >= 0.3 is 5.97 Å². The van der Waals surface area contributed by atoms with Gasteiger partial charge in [-0.15, -0.1) is 0 Å². The van der Waals surface area contributed by atoms with Gasteiger partial charge in [0.1, 0.15) is 11.9 Å². The molecule has 4 nitrogen and oxygen atoms in total. The first-order valence-electron chi connectivity index (χ1n) is 9.16. The molecule has 142 valence electrons. The van der Waals surface area contributed by atoms with Crippen LogP contribution in [0, 0.1) is 12.7 Å². The molecule has 1 saturated heterocycles. The number of carbonyl (C=O) groups excluding carboxylic acids is 1. The molecule has 1 aliphatic rings. The van der Waals surface area contributed by atoms with E-state index in [0.717, 1.165) is 28.1 Å². The van der Waals surface area contributed by atoms with Crippen LogP contribution in [-0.2, 0) is 9.53 Å². The normalized spacial score (nSPS) is 20.3. The second-order valence-electron chi connectivity index (χ2n) is 7.25. The van der Waals surface area contributed by atoms with Gasteiger partial charge in [0.15, 0.2) is 0 Å². The molecule has 5 heteroatoms. The van der Waals surface area contributed by atoms with Crippen molar-refractivity contribution in [1.82, 2.24) is 4.98 Å². The highest BCUT2D eigenvalue weighted by Crippen LogP contribution is 2.32. The first-order chi connectivity index (χ1) is 12.8. The highest BCUT2D eigenvalue weighted by atomic mass is 19.1. The van der Waals surface area contributed by atoms with Crippen LogP contribution in [0.15, 0.2) is 36.4 Å². The van der Waals surface area contributed by atoms with E-state index in [1.165, 1.54) is 12.1 Å². The molecular weight excluding hydrogens is 345 g/mol. The third-order valence-electron chi connectivity index (χ3n) is 4.59. The van der Waals surface area contributed by atoms with Crippen molar-refractivity contribution in [1.29, 1.82) is 0 Å². The van der Waals surface area contributed by atoms with E-state index in [1.54, 1.807) is 18.2 Å². The van der Waals surface area contributed by atoms with Gasteiger partial charge in [-0.2, -0.15) is 0 Å². The zero-order valence-electron chi connectivity index (χ0n) is 15.8. The molecule has 0 saturated carbocycles. The average molecular weight is 369 g/mol. The van der Waals surface area contributed by atoms with Gasteiger partial charge in [0.2, 0.25) is 0 Å². The number of aromatic nitrogens is 1. The van der Waals surface area contributed by atoms with E-state index in [0.29, 0.717) is 6.42 Å². The molecule has 0 spiro atoms. The molecule has 0 aliphatic carbocycles. The van der Waals surface area contributed by atoms with E-state index >= 15 is 0 Å². The molecule has 1 aliphatic heterocycles. The van der Waals surface area contributed by atoms with Crippen molar-refractivity contribution >= 4 is 12.0 Å². The number of nitrogens with zero attached hydrogens (tertiary/aromatic N) is 1. The van der Waals surface area contributed by atoms with E-state index in [9.17, 15) is 14.3 Å². The Morgan fingerprint density at radius 3 is 2.63 bits per heavy atom. The summed E-state index contributed by atoms with van der Waals surface area (Å²) in [7, 11) is 0. The maximum absolute atomic E-state index is 13.4. The monoisotopic (exact) mass is 369 g/mol. The third-order valence-corrected chi connectivity index (χ3v) is 4.59. The first-order valence-corrected chi connectivity index (χ1v) is 9.16. The summed E-state index contributed by atoms with van der Waals surface area (Å²) in [5.74, 6) is -0.495. The van der Waals surface area contributed by atoms with Crippen LogP contribution in [-0.4, -0.2) is 28.3 Å². The Balaban J connectivity index is 2.05. The minimum atomic E-state index is -0.682. The highest BCUT2D eigenvalue weighted by Gasteiger charge is 2.25. The Labute approximate surface area is 158 Å². The zero-order chi connectivity index (χ0) is 19.6. The number of aliphatic hydroxyl groups excluding tert-OH is 1. The molecule has 0 unspecified atom stereocenters. The SMILES string of the molecule is Cc1cc(-c2ccc(F)cc2)c(/C=C/[C@@H]2C[C@@H](O)CC(=O)O2)c(C(C)C)n1. The molecule has 27 heavy (non-hydrogen) atoms. The Bertz CT molecular complexity index is 859. The van der Waals surface area contributed by atoms with Gasteiger partial charge < -0.3 is 9.84 Å². The lowest BCUT2D eigenvalue weighted by atomic mass is 9.92. The first kappa shape index (κ1) is 19.2. The standard InChI is InChI=1S/C22H24FNO3/c1-13(2)22-19(9-8-18-11-17(25)12-21(26)27-18)20(10-14(3)24-22)15-4-6-16(23)7-5-15/h4-10,13,17-18,25H,11-12H2,1-3H3/b9-8+/t17-,18-/m1/s1. The Morgan fingerprint density at radius 2 is 2.00 bits per heavy atom. The number of carbonyl (C=O) groups is 1. The van der Waals surface area contributed by atoms with Crippen molar-refractivity contribution in [3.8, 4) is 11.1 Å². The summed E-state index contributed by atoms with van der Waals surface area (Å²) in [4.78, 5) is 16.3. The summed E-state index contributed by atoms with van der Waals surface area (Å²) < 4.78 is 18.7. The molecule has 1 N–H and O–H groups in total. The number of aryl methyl sites for hydroxylation is 1. The molecule has 0 bridgehead atoms. The van der Waals surface area contributed by atoms with Crippen LogP contribution < -0.4 is 0 Å². The van der Waals surface area contributed by atoms with Gasteiger partial charge in [0.05, 0.1) is 18.2 Å². The van der Waals surface area contributed by atoms with Crippen LogP contribution in [0.4, 0.5) is 4.39 Å². The summed E-state index contributed by atoms with van der Waals surface area (Å²) in [6, 6.07) is 8.34. The maximum Gasteiger partial charge on any atom is 0.309 e. The number of cyclic esters (lactones) is 1. The lowest BCUT2D eigenvalue weighted by Gasteiger charge is -2.24. The van der Waals surface area contributed by atoms with Crippen molar-refractivity contribution in [3.05, 3.63) is 59.2 Å². The molecule has 0 amide bonds. The number of pyridine rings is 1. The number of benzene rings is 1. The van der Waals surface area contributed by atoms with Crippen LogP contribution in [0.3, 0.4) is 0 Å². The second kappa shape index (κ2) is 8.01. The number of aliphatic hydroxyl groups is 1. The van der Waals surface area contributed by atoms with Crippen LogP contribution in [0.25, 0.3) is 17.2 Å². The fourth-order valence-corrected chi connectivity index (χ4v) is 3.32. The smallest absolute Gasteiger partial charge is 0.309 e. The average Bonchev–Trinajstić information content (AvgIpc) is 2.59. The number of rotatable bonds is 4. The minimum absolute atomic E-state index is 0.0362. The number of halogens is 1. The van der Waals surface area contributed by atoms with Crippen LogP contribution in [0.5, 0.6) is 0 Å².